The van der Waals surface area contributed by atoms with Gasteiger partial charge >= 0.3 is 0 Å². The number of ether oxygens (including phenoxy) is 1. The maximum absolute atomic E-state index is 13.2. The first kappa shape index (κ1) is 24.2. The molecule has 32 heavy (non-hydrogen) atoms. The van der Waals surface area contributed by atoms with Gasteiger partial charge in [-0.05, 0) is 69.9 Å². The van der Waals surface area contributed by atoms with Crippen molar-refractivity contribution in [3.8, 4) is 5.75 Å². The van der Waals surface area contributed by atoms with E-state index in [4.69, 9.17) is 9.72 Å². The van der Waals surface area contributed by atoms with Crippen LogP contribution in [0.1, 0.15) is 18.4 Å². The standard InChI is InChI=1S/C23H29N3O4S2/c1-17-7-5-8-20-22(17)24-23(31-20)26(15-6-14-25(2)3)21(27)13-16-32(28,29)19-11-9-18(30-4)10-12-19/h5,7-12H,6,13-16H2,1-4H3. The Hall–Kier alpha value is -2.49. The molecule has 2 aromatic carbocycles. The predicted molar refractivity (Wildman–Crippen MR) is 130 cm³/mol. The fourth-order valence-electron chi connectivity index (χ4n) is 3.32. The molecular formula is C23H29N3O4S2. The smallest absolute Gasteiger partial charge is 0.229 e. The van der Waals surface area contributed by atoms with Crippen molar-refractivity contribution in [2.75, 3.05) is 44.9 Å². The van der Waals surface area contributed by atoms with E-state index in [-0.39, 0.29) is 23.0 Å². The van der Waals surface area contributed by atoms with Crippen molar-refractivity contribution < 1.29 is 17.9 Å². The fourth-order valence-corrected chi connectivity index (χ4v) is 5.64. The highest BCUT2D eigenvalue weighted by atomic mass is 32.2. The molecule has 0 aliphatic carbocycles. The van der Waals surface area contributed by atoms with Crippen molar-refractivity contribution in [2.45, 2.75) is 24.7 Å². The number of thiazole rings is 1. The largest absolute Gasteiger partial charge is 0.497 e. The van der Waals surface area contributed by atoms with E-state index in [0.717, 1.165) is 28.7 Å². The minimum atomic E-state index is -3.59. The van der Waals surface area contributed by atoms with Gasteiger partial charge in [0, 0.05) is 13.0 Å². The van der Waals surface area contributed by atoms with Crippen molar-refractivity contribution >= 4 is 42.4 Å². The highest BCUT2D eigenvalue weighted by Gasteiger charge is 2.23. The zero-order valence-electron chi connectivity index (χ0n) is 18.9. The van der Waals surface area contributed by atoms with Crippen molar-refractivity contribution in [1.82, 2.24) is 9.88 Å². The van der Waals surface area contributed by atoms with Gasteiger partial charge in [0.05, 0.1) is 28.0 Å². The minimum Gasteiger partial charge on any atom is -0.497 e. The molecular weight excluding hydrogens is 446 g/mol. The molecule has 0 aliphatic rings. The second-order valence-electron chi connectivity index (χ2n) is 7.86. The van der Waals surface area contributed by atoms with Crippen LogP contribution < -0.4 is 9.64 Å². The molecule has 3 aromatic rings. The summed E-state index contributed by atoms with van der Waals surface area (Å²) >= 11 is 1.46. The summed E-state index contributed by atoms with van der Waals surface area (Å²) in [7, 11) is 1.90. The second-order valence-corrected chi connectivity index (χ2v) is 11.0. The molecule has 172 valence electrons. The zero-order chi connectivity index (χ0) is 23.3. The number of carbonyl (C=O) groups is 1. The molecule has 1 heterocycles. The molecule has 0 aliphatic heterocycles. The summed E-state index contributed by atoms with van der Waals surface area (Å²) in [6.45, 7) is 3.29. The van der Waals surface area contributed by atoms with Crippen LogP contribution >= 0.6 is 11.3 Å². The lowest BCUT2D eigenvalue weighted by atomic mass is 10.2. The Bertz CT molecular complexity index is 1170. The van der Waals surface area contributed by atoms with Crippen LogP contribution in [-0.2, 0) is 14.6 Å². The maximum Gasteiger partial charge on any atom is 0.229 e. The number of amides is 1. The van der Waals surface area contributed by atoms with E-state index >= 15 is 0 Å². The first-order chi connectivity index (χ1) is 15.2. The van der Waals surface area contributed by atoms with Gasteiger partial charge in [-0.2, -0.15) is 0 Å². The van der Waals surface area contributed by atoms with E-state index in [1.165, 1.54) is 30.6 Å². The van der Waals surface area contributed by atoms with Crippen molar-refractivity contribution in [3.05, 3.63) is 48.0 Å². The average Bonchev–Trinajstić information content (AvgIpc) is 3.20. The summed E-state index contributed by atoms with van der Waals surface area (Å²) in [6, 6.07) is 12.2. The lowest BCUT2D eigenvalue weighted by molar-refractivity contribution is -0.118. The average molecular weight is 476 g/mol. The summed E-state index contributed by atoms with van der Waals surface area (Å²) in [4.78, 5) is 21.7. The molecule has 0 saturated heterocycles. The Morgan fingerprint density at radius 3 is 2.44 bits per heavy atom. The van der Waals surface area contributed by atoms with E-state index in [9.17, 15) is 13.2 Å². The number of nitrogens with zero attached hydrogens (tertiary/aromatic N) is 3. The molecule has 0 bridgehead atoms. The number of methoxy groups -OCH3 is 1. The van der Waals surface area contributed by atoms with Crippen LogP contribution in [0.2, 0.25) is 0 Å². The third-order valence-corrected chi connectivity index (χ3v) is 7.91. The number of para-hydroxylation sites is 1. The van der Waals surface area contributed by atoms with Gasteiger partial charge in [-0.25, -0.2) is 13.4 Å². The van der Waals surface area contributed by atoms with Gasteiger partial charge in [0.2, 0.25) is 5.91 Å². The first-order valence-corrected chi connectivity index (χ1v) is 12.9. The fraction of sp³-hybridized carbons (Fsp3) is 0.391. The SMILES string of the molecule is COc1ccc(S(=O)(=O)CCC(=O)N(CCCN(C)C)c2nc3c(C)cccc3s2)cc1. The predicted octanol–water partition coefficient (Wildman–Crippen LogP) is 3.76. The van der Waals surface area contributed by atoms with E-state index in [1.807, 2.05) is 39.2 Å². The molecule has 1 aromatic heterocycles. The number of sulfone groups is 1. The third-order valence-electron chi connectivity index (χ3n) is 5.13. The topological polar surface area (TPSA) is 79.8 Å². The molecule has 0 fully saturated rings. The van der Waals surface area contributed by atoms with Crippen LogP contribution in [0.3, 0.4) is 0 Å². The highest BCUT2D eigenvalue weighted by molar-refractivity contribution is 7.91. The Labute approximate surface area is 193 Å². The van der Waals surface area contributed by atoms with Gasteiger partial charge in [-0.1, -0.05) is 23.5 Å². The Morgan fingerprint density at radius 2 is 1.81 bits per heavy atom. The van der Waals surface area contributed by atoms with Crippen molar-refractivity contribution in [3.63, 3.8) is 0 Å². The number of rotatable bonds is 10. The molecule has 0 saturated carbocycles. The van der Waals surface area contributed by atoms with E-state index < -0.39 is 9.84 Å². The van der Waals surface area contributed by atoms with Gasteiger partial charge in [0.15, 0.2) is 15.0 Å². The molecule has 0 spiro atoms. The maximum atomic E-state index is 13.2. The molecule has 0 N–H and O–H groups in total. The summed E-state index contributed by atoms with van der Waals surface area (Å²) in [5, 5.41) is 0.611. The number of hydrogen-bond donors (Lipinski definition) is 0. The number of carbonyl (C=O) groups excluding carboxylic acids is 1. The van der Waals surface area contributed by atoms with Gasteiger partial charge < -0.3 is 9.64 Å². The van der Waals surface area contributed by atoms with Crippen LogP contribution in [0.15, 0.2) is 47.4 Å². The van der Waals surface area contributed by atoms with E-state index in [1.54, 1.807) is 17.0 Å². The number of aryl methyl sites for hydroxylation is 1. The van der Waals surface area contributed by atoms with Gasteiger partial charge in [0.25, 0.3) is 0 Å². The summed E-state index contributed by atoms with van der Waals surface area (Å²) < 4.78 is 31.6. The Kier molecular flexibility index (Phi) is 7.86. The quantitative estimate of drug-likeness (QED) is 0.444. The normalized spacial score (nSPS) is 11.8. The lowest BCUT2D eigenvalue weighted by Crippen LogP contribution is -2.34. The van der Waals surface area contributed by atoms with Crippen LogP contribution in [-0.4, -0.2) is 64.3 Å². The van der Waals surface area contributed by atoms with Crippen LogP contribution in [0.5, 0.6) is 5.75 Å². The Morgan fingerprint density at radius 1 is 1.09 bits per heavy atom. The first-order valence-electron chi connectivity index (χ1n) is 10.4. The summed E-state index contributed by atoms with van der Waals surface area (Å²) in [6.07, 6.45) is 0.657. The summed E-state index contributed by atoms with van der Waals surface area (Å²) in [5.74, 6) is 0.0856. The summed E-state index contributed by atoms with van der Waals surface area (Å²) in [5.41, 5.74) is 1.93. The number of hydrogen-bond acceptors (Lipinski definition) is 7. The molecule has 0 atom stereocenters. The number of anilines is 1. The molecule has 9 heteroatoms. The van der Waals surface area contributed by atoms with Crippen molar-refractivity contribution in [2.24, 2.45) is 0 Å². The molecule has 3 rings (SSSR count). The highest BCUT2D eigenvalue weighted by Crippen LogP contribution is 2.31. The van der Waals surface area contributed by atoms with Crippen LogP contribution in [0, 0.1) is 6.92 Å². The third kappa shape index (κ3) is 5.85. The molecule has 0 unspecified atom stereocenters. The number of fused-ring (bicyclic) bond motifs is 1. The van der Waals surface area contributed by atoms with Gasteiger partial charge in [0.1, 0.15) is 5.75 Å². The second kappa shape index (κ2) is 10.4. The zero-order valence-corrected chi connectivity index (χ0v) is 20.5. The number of benzene rings is 2. The van der Waals surface area contributed by atoms with Gasteiger partial charge in [-0.15, -0.1) is 0 Å². The molecule has 0 radical (unpaired) electrons. The number of aromatic nitrogens is 1. The van der Waals surface area contributed by atoms with Crippen LogP contribution in [0.25, 0.3) is 10.2 Å². The van der Waals surface area contributed by atoms with E-state index in [2.05, 4.69) is 4.90 Å². The monoisotopic (exact) mass is 475 g/mol. The minimum absolute atomic E-state index is 0.106. The van der Waals surface area contributed by atoms with Crippen molar-refractivity contribution in [1.29, 1.82) is 0 Å². The molecule has 1 amide bonds. The Balaban J connectivity index is 1.78. The van der Waals surface area contributed by atoms with Gasteiger partial charge in [-0.3, -0.25) is 9.69 Å². The molecule has 7 nitrogen and oxygen atoms in total. The van der Waals surface area contributed by atoms with E-state index in [0.29, 0.717) is 17.4 Å². The lowest BCUT2D eigenvalue weighted by Gasteiger charge is -2.21. The van der Waals surface area contributed by atoms with Crippen LogP contribution in [0.4, 0.5) is 5.13 Å².